The second kappa shape index (κ2) is 7.70. The molecule has 0 aliphatic heterocycles. The molecular weight excluding hydrogens is 336 g/mol. The average molecular weight is 360 g/mol. The van der Waals surface area contributed by atoms with Crippen molar-refractivity contribution in [3.8, 4) is 0 Å². The van der Waals surface area contributed by atoms with Crippen molar-refractivity contribution in [2.24, 2.45) is 0 Å². The van der Waals surface area contributed by atoms with Crippen LogP contribution in [0.4, 0.5) is 5.69 Å². The topological polar surface area (TPSA) is 66.5 Å². The summed E-state index contributed by atoms with van der Waals surface area (Å²) < 4.78 is 25.7. The number of sulfonamides is 1. The maximum absolute atomic E-state index is 12.6. The van der Waals surface area contributed by atoms with Gasteiger partial charge >= 0.3 is 0 Å². The van der Waals surface area contributed by atoms with Crippen LogP contribution in [0.5, 0.6) is 0 Å². The van der Waals surface area contributed by atoms with E-state index in [-0.39, 0.29) is 11.9 Å². The third-order valence-electron chi connectivity index (χ3n) is 4.04. The van der Waals surface area contributed by atoms with E-state index in [4.69, 9.17) is 0 Å². The fourth-order valence-corrected chi connectivity index (χ4v) is 3.83. The Morgan fingerprint density at radius 2 is 1.56 bits per heavy atom. The van der Waals surface area contributed by atoms with Crippen molar-refractivity contribution in [3.05, 3.63) is 65.7 Å². The van der Waals surface area contributed by atoms with Gasteiger partial charge in [-0.2, -0.15) is 0 Å². The molecule has 1 amide bonds. The number of anilines is 1. The summed E-state index contributed by atoms with van der Waals surface area (Å²) in [5, 5.41) is 2.88. The van der Waals surface area contributed by atoms with E-state index in [9.17, 15) is 13.2 Å². The number of nitrogens with one attached hydrogen (secondary N) is 1. The molecule has 134 valence electrons. The molecule has 0 aliphatic rings. The van der Waals surface area contributed by atoms with Gasteiger partial charge < -0.3 is 5.32 Å². The lowest BCUT2D eigenvalue weighted by atomic mass is 10.1. The molecular formula is C19H24N2O3S. The lowest BCUT2D eigenvalue weighted by Crippen LogP contribution is -2.48. The highest BCUT2D eigenvalue weighted by Crippen LogP contribution is 2.22. The third kappa shape index (κ3) is 4.82. The van der Waals surface area contributed by atoms with E-state index in [1.54, 1.807) is 19.1 Å². The van der Waals surface area contributed by atoms with Crippen molar-refractivity contribution in [1.82, 2.24) is 5.32 Å². The minimum absolute atomic E-state index is 0.212. The first kappa shape index (κ1) is 19.0. The van der Waals surface area contributed by atoms with Gasteiger partial charge in [-0.05, 0) is 38.5 Å². The molecule has 0 radical (unpaired) electrons. The van der Waals surface area contributed by atoms with Crippen LogP contribution in [-0.2, 0) is 14.8 Å². The number of aryl methyl sites for hydroxylation is 1. The first-order chi connectivity index (χ1) is 11.7. The van der Waals surface area contributed by atoms with Crippen molar-refractivity contribution in [1.29, 1.82) is 0 Å². The molecule has 0 aromatic heterocycles. The first-order valence-electron chi connectivity index (χ1n) is 8.11. The lowest BCUT2D eigenvalue weighted by molar-refractivity contribution is -0.122. The fraction of sp³-hybridized carbons (Fsp3) is 0.316. The lowest BCUT2D eigenvalue weighted by Gasteiger charge is -2.29. The second-order valence-corrected chi connectivity index (χ2v) is 8.07. The van der Waals surface area contributed by atoms with Gasteiger partial charge in [-0.3, -0.25) is 9.10 Å². The molecule has 0 saturated carbocycles. The molecule has 5 nitrogen and oxygen atoms in total. The molecule has 25 heavy (non-hydrogen) atoms. The monoisotopic (exact) mass is 360 g/mol. The van der Waals surface area contributed by atoms with Crippen LogP contribution in [0.3, 0.4) is 0 Å². The van der Waals surface area contributed by atoms with E-state index in [0.717, 1.165) is 21.7 Å². The molecule has 2 aromatic rings. The van der Waals surface area contributed by atoms with Crippen molar-refractivity contribution in [2.45, 2.75) is 32.9 Å². The molecule has 6 heteroatoms. The van der Waals surface area contributed by atoms with Crippen LogP contribution in [0.25, 0.3) is 0 Å². The molecule has 2 atom stereocenters. The van der Waals surface area contributed by atoms with Gasteiger partial charge in [-0.15, -0.1) is 0 Å². The van der Waals surface area contributed by atoms with Crippen LogP contribution in [0, 0.1) is 6.92 Å². The number of benzene rings is 2. The van der Waals surface area contributed by atoms with Gasteiger partial charge in [0, 0.05) is 0 Å². The minimum Gasteiger partial charge on any atom is -0.348 e. The summed E-state index contributed by atoms with van der Waals surface area (Å²) >= 11 is 0. The third-order valence-corrected chi connectivity index (χ3v) is 5.28. The quantitative estimate of drug-likeness (QED) is 0.861. The van der Waals surface area contributed by atoms with Gasteiger partial charge in [0.1, 0.15) is 6.04 Å². The molecule has 2 unspecified atom stereocenters. The Morgan fingerprint density at radius 3 is 2.08 bits per heavy atom. The summed E-state index contributed by atoms with van der Waals surface area (Å²) in [5.41, 5.74) is 2.46. The van der Waals surface area contributed by atoms with E-state index < -0.39 is 16.1 Å². The van der Waals surface area contributed by atoms with Crippen molar-refractivity contribution >= 4 is 21.6 Å². The molecule has 0 fully saturated rings. The van der Waals surface area contributed by atoms with Gasteiger partial charge in [0.05, 0.1) is 18.0 Å². The zero-order valence-corrected chi connectivity index (χ0v) is 15.7. The number of amides is 1. The maximum Gasteiger partial charge on any atom is 0.244 e. The van der Waals surface area contributed by atoms with Gasteiger partial charge in [-0.25, -0.2) is 8.42 Å². The van der Waals surface area contributed by atoms with Crippen molar-refractivity contribution < 1.29 is 13.2 Å². The molecule has 1 N–H and O–H groups in total. The Labute approximate surface area is 149 Å². The second-order valence-electron chi connectivity index (χ2n) is 6.21. The van der Waals surface area contributed by atoms with Crippen molar-refractivity contribution in [2.75, 3.05) is 10.6 Å². The number of carbonyl (C=O) groups is 1. The highest BCUT2D eigenvalue weighted by atomic mass is 32.2. The molecule has 0 saturated heterocycles. The van der Waals surface area contributed by atoms with Gasteiger partial charge in [-0.1, -0.05) is 48.0 Å². The maximum atomic E-state index is 12.6. The predicted octanol–water partition coefficient (Wildman–Crippen LogP) is 3.03. The Morgan fingerprint density at radius 1 is 1.00 bits per heavy atom. The van der Waals surface area contributed by atoms with E-state index in [1.165, 1.54) is 0 Å². The number of rotatable bonds is 6. The van der Waals surface area contributed by atoms with Crippen molar-refractivity contribution in [3.63, 3.8) is 0 Å². The standard InChI is InChI=1S/C19H24N2O3S/c1-14-10-12-18(13-11-14)21(25(4,23)24)16(3)19(22)20-15(2)17-8-6-5-7-9-17/h5-13,15-16H,1-4H3,(H,20,22). The molecule has 2 rings (SSSR count). The largest absolute Gasteiger partial charge is 0.348 e. The zero-order valence-electron chi connectivity index (χ0n) is 14.9. The van der Waals surface area contributed by atoms with Gasteiger partial charge in [0.2, 0.25) is 15.9 Å². The zero-order chi connectivity index (χ0) is 18.6. The van der Waals surface area contributed by atoms with E-state index >= 15 is 0 Å². The predicted molar refractivity (Wildman–Crippen MR) is 101 cm³/mol. The molecule has 2 aromatic carbocycles. The molecule has 0 bridgehead atoms. The van der Waals surface area contributed by atoms with Crippen LogP contribution in [-0.4, -0.2) is 26.6 Å². The summed E-state index contributed by atoms with van der Waals surface area (Å²) in [5.74, 6) is -0.345. The average Bonchev–Trinajstić information content (AvgIpc) is 2.56. The van der Waals surface area contributed by atoms with Gasteiger partial charge in [0.15, 0.2) is 0 Å². The Kier molecular flexibility index (Phi) is 5.85. The van der Waals surface area contributed by atoms with E-state index in [0.29, 0.717) is 5.69 Å². The van der Waals surface area contributed by atoms with E-state index in [2.05, 4.69) is 5.32 Å². The molecule has 0 heterocycles. The highest BCUT2D eigenvalue weighted by molar-refractivity contribution is 7.92. The molecule has 0 spiro atoms. The van der Waals surface area contributed by atoms with Crippen LogP contribution >= 0.6 is 0 Å². The summed E-state index contributed by atoms with van der Waals surface area (Å²) in [7, 11) is -3.60. The van der Waals surface area contributed by atoms with E-state index in [1.807, 2.05) is 56.3 Å². The normalized spacial score (nSPS) is 13.8. The SMILES string of the molecule is Cc1ccc(N(C(C)C(=O)NC(C)c2ccccc2)S(C)(=O)=O)cc1. The van der Waals surface area contributed by atoms with Crippen LogP contribution < -0.4 is 9.62 Å². The number of hydrogen-bond acceptors (Lipinski definition) is 3. The Bertz CT molecular complexity index is 818. The minimum atomic E-state index is -3.60. The Hall–Kier alpha value is -2.34. The number of hydrogen-bond donors (Lipinski definition) is 1. The summed E-state index contributed by atoms with van der Waals surface area (Å²) in [6.45, 7) is 5.39. The summed E-state index contributed by atoms with van der Waals surface area (Å²) in [6.07, 6.45) is 1.11. The van der Waals surface area contributed by atoms with Gasteiger partial charge in [0.25, 0.3) is 0 Å². The smallest absolute Gasteiger partial charge is 0.244 e. The molecule has 0 aliphatic carbocycles. The van der Waals surface area contributed by atoms with Crippen LogP contribution in [0.1, 0.15) is 31.0 Å². The van der Waals surface area contributed by atoms with Crippen LogP contribution in [0.2, 0.25) is 0 Å². The Balaban J connectivity index is 2.23. The number of nitrogens with zero attached hydrogens (tertiary/aromatic N) is 1. The summed E-state index contributed by atoms with van der Waals surface area (Å²) in [6, 6.07) is 15.5. The summed E-state index contributed by atoms with van der Waals surface area (Å²) in [4.78, 5) is 12.6. The highest BCUT2D eigenvalue weighted by Gasteiger charge is 2.29. The van der Waals surface area contributed by atoms with Crippen LogP contribution in [0.15, 0.2) is 54.6 Å². The number of carbonyl (C=O) groups excluding carboxylic acids is 1. The fourth-order valence-electron chi connectivity index (χ4n) is 2.66. The first-order valence-corrected chi connectivity index (χ1v) is 9.96.